The van der Waals surface area contributed by atoms with E-state index in [9.17, 15) is 14.4 Å². The molecular formula is C51H52Cl2O11. The fourth-order valence-corrected chi connectivity index (χ4v) is 7.81. The monoisotopic (exact) mass is 910 g/mol. The maximum atomic E-state index is 14.2. The Morgan fingerprint density at radius 3 is 1.56 bits per heavy atom. The Kier molecular flexibility index (Phi) is 18.5. The first-order valence-corrected chi connectivity index (χ1v) is 21.6. The molecule has 1 saturated heterocycles. The van der Waals surface area contributed by atoms with Gasteiger partial charge in [-0.1, -0.05) is 158 Å². The standard InChI is InChI=1S/C51H52Cl2O11/c1-34(44(50(55)57-2)51(56)58-3)24-27-42(64-49(54)40-26-25-39(52)28-41(40)53)46-48(62-32-38-22-14-7-15-23-38)47(61-31-37-20-12-6-13-21-37)45(60-30-36-18-10-5-11-19-36)43(63-46)33-59-29-35-16-8-4-9-17-35/h4-28,34,42-48H,29-33H2,1-3H3/b27-24+/t34-,42+,43+,45+,46-,47-,48-/m0/s1. The zero-order chi connectivity index (χ0) is 45.3. The lowest BCUT2D eigenvalue weighted by Crippen LogP contribution is -2.64. The van der Waals surface area contributed by atoms with E-state index in [0.717, 1.165) is 22.3 Å². The predicted octanol–water partition coefficient (Wildman–Crippen LogP) is 9.41. The average molecular weight is 912 g/mol. The van der Waals surface area contributed by atoms with Crippen molar-refractivity contribution < 1.29 is 52.3 Å². The van der Waals surface area contributed by atoms with Crippen molar-refractivity contribution in [3.05, 3.63) is 190 Å². The fourth-order valence-electron chi connectivity index (χ4n) is 7.32. The van der Waals surface area contributed by atoms with Crippen LogP contribution in [0.5, 0.6) is 0 Å². The minimum Gasteiger partial charge on any atom is -0.468 e. The largest absolute Gasteiger partial charge is 0.468 e. The third kappa shape index (κ3) is 13.6. The molecule has 0 unspecified atom stereocenters. The van der Waals surface area contributed by atoms with Crippen molar-refractivity contribution in [2.45, 2.75) is 70.0 Å². The quantitative estimate of drug-likeness (QED) is 0.0303. The number of carbonyl (C=O) groups is 3. The van der Waals surface area contributed by atoms with E-state index in [4.69, 9.17) is 61.1 Å². The van der Waals surface area contributed by atoms with Crippen molar-refractivity contribution in [1.82, 2.24) is 0 Å². The van der Waals surface area contributed by atoms with Crippen molar-refractivity contribution in [1.29, 1.82) is 0 Å². The smallest absolute Gasteiger partial charge is 0.340 e. The van der Waals surface area contributed by atoms with Gasteiger partial charge in [0.2, 0.25) is 0 Å². The Bertz CT molecular complexity index is 2230. The number of allylic oxidation sites excluding steroid dienone is 1. The van der Waals surface area contributed by atoms with E-state index in [2.05, 4.69) is 0 Å². The minimum absolute atomic E-state index is 0.0397. The summed E-state index contributed by atoms with van der Waals surface area (Å²) in [5.41, 5.74) is 3.68. The third-order valence-corrected chi connectivity index (χ3v) is 11.2. The van der Waals surface area contributed by atoms with Crippen LogP contribution in [0.15, 0.2) is 152 Å². The second-order valence-corrected chi connectivity index (χ2v) is 16.0. The Hall–Kier alpha value is -5.37. The fraction of sp³-hybridized carbons (Fsp3) is 0.314. The zero-order valence-corrected chi connectivity index (χ0v) is 37.3. The van der Waals surface area contributed by atoms with E-state index in [1.54, 1.807) is 19.1 Å². The normalized spacial score (nSPS) is 19.5. The van der Waals surface area contributed by atoms with Gasteiger partial charge in [-0.15, -0.1) is 0 Å². The number of benzene rings is 5. The second kappa shape index (κ2) is 24.6. The van der Waals surface area contributed by atoms with Crippen LogP contribution in [-0.4, -0.2) is 75.4 Å². The number of rotatable bonds is 21. The van der Waals surface area contributed by atoms with Gasteiger partial charge in [-0.2, -0.15) is 0 Å². The van der Waals surface area contributed by atoms with Crippen molar-refractivity contribution in [3.63, 3.8) is 0 Å². The van der Waals surface area contributed by atoms with E-state index in [1.807, 2.05) is 121 Å². The molecule has 1 aliphatic rings. The lowest BCUT2D eigenvalue weighted by atomic mass is 9.89. The van der Waals surface area contributed by atoms with Gasteiger partial charge in [0.15, 0.2) is 5.92 Å². The average Bonchev–Trinajstić information content (AvgIpc) is 3.32. The summed E-state index contributed by atoms with van der Waals surface area (Å²) in [6.45, 7) is 2.45. The second-order valence-electron chi connectivity index (χ2n) is 15.2. The highest BCUT2D eigenvalue weighted by molar-refractivity contribution is 6.36. The van der Waals surface area contributed by atoms with E-state index in [1.165, 1.54) is 32.4 Å². The molecule has 0 N–H and O–H groups in total. The van der Waals surface area contributed by atoms with Gasteiger partial charge in [-0.3, -0.25) is 9.59 Å². The van der Waals surface area contributed by atoms with Crippen LogP contribution in [0.2, 0.25) is 10.0 Å². The van der Waals surface area contributed by atoms with Crippen LogP contribution in [0.3, 0.4) is 0 Å². The molecule has 6 rings (SSSR count). The van der Waals surface area contributed by atoms with Crippen LogP contribution in [0.25, 0.3) is 0 Å². The zero-order valence-electron chi connectivity index (χ0n) is 35.8. The number of methoxy groups -OCH3 is 2. The molecular weight excluding hydrogens is 859 g/mol. The maximum absolute atomic E-state index is 14.2. The van der Waals surface area contributed by atoms with Crippen molar-refractivity contribution >= 4 is 41.1 Å². The lowest BCUT2D eigenvalue weighted by Gasteiger charge is -2.47. The van der Waals surface area contributed by atoms with Gasteiger partial charge in [0, 0.05) is 5.02 Å². The summed E-state index contributed by atoms with van der Waals surface area (Å²) in [7, 11) is 2.37. The lowest BCUT2D eigenvalue weighted by molar-refractivity contribution is -0.283. The number of halogens is 2. The van der Waals surface area contributed by atoms with Crippen LogP contribution in [0.1, 0.15) is 39.5 Å². The first-order valence-electron chi connectivity index (χ1n) is 20.9. The van der Waals surface area contributed by atoms with Crippen LogP contribution in [0.4, 0.5) is 0 Å². The van der Waals surface area contributed by atoms with Crippen molar-refractivity contribution in [2.24, 2.45) is 11.8 Å². The highest BCUT2D eigenvalue weighted by Gasteiger charge is 2.51. The number of ether oxygens (including phenoxy) is 8. The van der Waals surface area contributed by atoms with E-state index in [-0.39, 0.29) is 43.6 Å². The summed E-state index contributed by atoms with van der Waals surface area (Å²) < 4.78 is 50.3. The van der Waals surface area contributed by atoms with Gasteiger partial charge in [-0.05, 0) is 52.4 Å². The molecule has 0 aromatic heterocycles. The summed E-state index contributed by atoms with van der Waals surface area (Å²) in [5, 5.41) is 0.392. The number of esters is 3. The summed E-state index contributed by atoms with van der Waals surface area (Å²) >= 11 is 12.8. The maximum Gasteiger partial charge on any atom is 0.340 e. The third-order valence-electron chi connectivity index (χ3n) is 10.7. The van der Waals surface area contributed by atoms with E-state index < -0.39 is 66.4 Å². The molecule has 1 heterocycles. The topological polar surface area (TPSA) is 125 Å². The molecule has 0 radical (unpaired) electrons. The van der Waals surface area contributed by atoms with Gasteiger partial charge in [0.25, 0.3) is 0 Å². The highest BCUT2D eigenvalue weighted by atomic mass is 35.5. The van der Waals surface area contributed by atoms with E-state index >= 15 is 0 Å². The predicted molar refractivity (Wildman–Crippen MR) is 241 cm³/mol. The molecule has 5 aromatic rings. The SMILES string of the molecule is COC(=O)C(C(=O)OC)[C@@H](C)/C=C/[C@@H](OC(=O)c1ccc(Cl)cc1Cl)[C@@H]1O[C@H](COCc2ccccc2)[C@@H](OCc2ccccc2)[C@H](OCc2ccccc2)[C@H]1OCc1ccccc1. The molecule has 11 nitrogen and oxygen atoms in total. The summed E-state index contributed by atoms with van der Waals surface area (Å²) in [4.78, 5) is 40.1. The summed E-state index contributed by atoms with van der Waals surface area (Å²) in [6.07, 6.45) is -2.67. The summed E-state index contributed by atoms with van der Waals surface area (Å²) in [6, 6.07) is 43.2. The van der Waals surface area contributed by atoms with E-state index in [0.29, 0.717) is 5.02 Å². The van der Waals surface area contributed by atoms with Gasteiger partial charge < -0.3 is 37.9 Å². The molecule has 0 saturated carbocycles. The molecule has 0 bridgehead atoms. The van der Waals surface area contributed by atoms with Gasteiger partial charge in [-0.25, -0.2) is 4.79 Å². The Balaban J connectivity index is 1.46. The van der Waals surface area contributed by atoms with Crippen LogP contribution in [0, 0.1) is 11.8 Å². The molecule has 13 heteroatoms. The van der Waals surface area contributed by atoms with Crippen LogP contribution < -0.4 is 0 Å². The molecule has 1 aliphatic heterocycles. The molecule has 336 valence electrons. The number of carbonyl (C=O) groups excluding carboxylic acids is 3. The molecule has 0 spiro atoms. The summed E-state index contributed by atoms with van der Waals surface area (Å²) in [5.74, 6) is -4.53. The molecule has 0 amide bonds. The Labute approximate surface area is 384 Å². The van der Waals surface area contributed by atoms with Gasteiger partial charge >= 0.3 is 17.9 Å². The van der Waals surface area contributed by atoms with Crippen LogP contribution in [-0.2, 0) is 73.9 Å². The number of hydrogen-bond acceptors (Lipinski definition) is 11. The first kappa shape index (κ1) is 48.1. The Morgan fingerprint density at radius 1 is 0.609 bits per heavy atom. The number of hydrogen-bond donors (Lipinski definition) is 0. The Morgan fingerprint density at radius 2 is 1.08 bits per heavy atom. The molecule has 7 atom stereocenters. The van der Waals surface area contributed by atoms with Crippen molar-refractivity contribution in [2.75, 3.05) is 20.8 Å². The first-order chi connectivity index (χ1) is 31.1. The van der Waals surface area contributed by atoms with Crippen LogP contribution >= 0.6 is 23.2 Å². The van der Waals surface area contributed by atoms with Crippen molar-refractivity contribution in [3.8, 4) is 0 Å². The minimum atomic E-state index is -1.33. The highest BCUT2D eigenvalue weighted by Crippen LogP contribution is 2.35. The molecule has 64 heavy (non-hydrogen) atoms. The molecule has 0 aliphatic carbocycles. The van der Waals surface area contributed by atoms with Gasteiger partial charge in [0.05, 0.1) is 57.8 Å². The molecule has 1 fully saturated rings. The van der Waals surface area contributed by atoms with Gasteiger partial charge in [0.1, 0.15) is 36.6 Å². The molecule has 5 aromatic carbocycles.